The van der Waals surface area contributed by atoms with Crippen LogP contribution >= 0.6 is 0 Å². The summed E-state index contributed by atoms with van der Waals surface area (Å²) >= 11 is 0. The normalized spacial score (nSPS) is 20.5. The molecule has 0 spiro atoms. The molecule has 6 nitrogen and oxygen atoms in total. The molecule has 3 heterocycles. The number of ether oxygens (including phenoxy) is 2. The van der Waals surface area contributed by atoms with Crippen molar-refractivity contribution in [3.8, 4) is 11.5 Å². The van der Waals surface area contributed by atoms with Crippen LogP contribution in [0.2, 0.25) is 0 Å². The number of rotatable bonds is 4. The van der Waals surface area contributed by atoms with E-state index in [4.69, 9.17) is 9.47 Å². The number of aliphatic hydroxyl groups excluding tert-OH is 1. The number of hydrogen-bond acceptors (Lipinski definition) is 6. The lowest BCUT2D eigenvalue weighted by atomic mass is 10.1. The van der Waals surface area contributed by atoms with Crippen LogP contribution < -0.4 is 14.4 Å². The highest BCUT2D eigenvalue weighted by Gasteiger charge is 2.21. The third-order valence-corrected chi connectivity index (χ3v) is 4.74. The van der Waals surface area contributed by atoms with Crippen molar-refractivity contribution in [3.05, 3.63) is 42.4 Å². The summed E-state index contributed by atoms with van der Waals surface area (Å²) in [7, 11) is 0. The highest BCUT2D eigenvalue weighted by Crippen LogP contribution is 2.31. The third kappa shape index (κ3) is 3.85. The standard InChI is InChI=1S/C19H23N3O3/c23-14-8-11-22(12-9-14)19-7-10-20-18(21-19)6-5-15-13-24-16-3-1-2-4-17(16)25-15/h1-4,7,10,14-15,23H,5-6,8-9,11-13H2. The van der Waals surface area contributed by atoms with Gasteiger partial charge in [0.05, 0.1) is 6.10 Å². The molecule has 2 aliphatic heterocycles. The van der Waals surface area contributed by atoms with E-state index in [-0.39, 0.29) is 12.2 Å². The van der Waals surface area contributed by atoms with Gasteiger partial charge in [-0.15, -0.1) is 0 Å². The predicted molar refractivity (Wildman–Crippen MR) is 94.2 cm³/mol. The van der Waals surface area contributed by atoms with Gasteiger partial charge < -0.3 is 19.5 Å². The first-order valence-corrected chi connectivity index (χ1v) is 8.91. The van der Waals surface area contributed by atoms with Crippen molar-refractivity contribution in [3.63, 3.8) is 0 Å². The van der Waals surface area contributed by atoms with Crippen LogP contribution in [0.25, 0.3) is 0 Å². The predicted octanol–water partition coefficient (Wildman–Crippen LogP) is 2.21. The third-order valence-electron chi connectivity index (χ3n) is 4.74. The van der Waals surface area contributed by atoms with E-state index < -0.39 is 0 Å². The van der Waals surface area contributed by atoms with Crippen LogP contribution in [0, 0.1) is 0 Å². The average molecular weight is 341 g/mol. The molecular weight excluding hydrogens is 318 g/mol. The van der Waals surface area contributed by atoms with Crippen LogP contribution in [-0.4, -0.2) is 47.0 Å². The fraction of sp³-hybridized carbons (Fsp3) is 0.474. The highest BCUT2D eigenvalue weighted by molar-refractivity contribution is 5.41. The summed E-state index contributed by atoms with van der Waals surface area (Å²) < 4.78 is 11.7. The van der Waals surface area contributed by atoms with E-state index in [0.717, 1.165) is 61.9 Å². The summed E-state index contributed by atoms with van der Waals surface area (Å²) in [6.45, 7) is 2.24. The molecule has 25 heavy (non-hydrogen) atoms. The maximum atomic E-state index is 9.64. The molecule has 132 valence electrons. The van der Waals surface area contributed by atoms with Crippen LogP contribution in [-0.2, 0) is 6.42 Å². The first-order valence-electron chi connectivity index (χ1n) is 8.91. The molecule has 1 fully saturated rings. The molecule has 0 amide bonds. The first kappa shape index (κ1) is 16.1. The lowest BCUT2D eigenvalue weighted by molar-refractivity contribution is 0.0847. The first-order chi connectivity index (χ1) is 12.3. The number of aromatic nitrogens is 2. The van der Waals surface area contributed by atoms with Gasteiger partial charge in [-0.25, -0.2) is 9.97 Å². The number of aryl methyl sites for hydroxylation is 1. The second-order valence-corrected chi connectivity index (χ2v) is 6.59. The Bertz CT molecular complexity index is 717. The van der Waals surface area contributed by atoms with Gasteiger partial charge in [-0.1, -0.05) is 12.1 Å². The Labute approximate surface area is 147 Å². The summed E-state index contributed by atoms with van der Waals surface area (Å²) in [5, 5.41) is 9.64. The van der Waals surface area contributed by atoms with Crippen molar-refractivity contribution in [2.45, 2.75) is 37.9 Å². The fourth-order valence-corrected chi connectivity index (χ4v) is 3.28. The molecule has 1 aromatic heterocycles. The van der Waals surface area contributed by atoms with Crippen LogP contribution in [0.4, 0.5) is 5.82 Å². The van der Waals surface area contributed by atoms with Crippen molar-refractivity contribution >= 4 is 5.82 Å². The van der Waals surface area contributed by atoms with Gasteiger partial charge in [0.1, 0.15) is 24.4 Å². The van der Waals surface area contributed by atoms with E-state index in [1.165, 1.54) is 0 Å². The summed E-state index contributed by atoms with van der Waals surface area (Å²) in [6, 6.07) is 9.70. The highest BCUT2D eigenvalue weighted by atomic mass is 16.6. The molecule has 1 unspecified atom stereocenters. The number of para-hydroxylation sites is 2. The average Bonchev–Trinajstić information content (AvgIpc) is 2.67. The lowest BCUT2D eigenvalue weighted by Gasteiger charge is -2.30. The maximum Gasteiger partial charge on any atom is 0.161 e. The van der Waals surface area contributed by atoms with E-state index in [0.29, 0.717) is 6.61 Å². The van der Waals surface area contributed by atoms with Gasteiger partial charge in [-0.3, -0.25) is 0 Å². The number of nitrogens with zero attached hydrogens (tertiary/aromatic N) is 3. The van der Waals surface area contributed by atoms with Crippen LogP contribution in [0.1, 0.15) is 25.1 Å². The van der Waals surface area contributed by atoms with E-state index in [1.807, 2.05) is 36.5 Å². The van der Waals surface area contributed by atoms with Crippen molar-refractivity contribution in [2.24, 2.45) is 0 Å². The SMILES string of the molecule is OC1CCN(c2ccnc(CCC3COc4ccccc4O3)n2)CC1. The minimum Gasteiger partial charge on any atom is -0.486 e. The smallest absolute Gasteiger partial charge is 0.161 e. The number of anilines is 1. The van der Waals surface area contributed by atoms with Gasteiger partial charge in [0, 0.05) is 25.7 Å². The lowest BCUT2D eigenvalue weighted by Crippen LogP contribution is -2.36. The Morgan fingerprint density at radius 1 is 1.12 bits per heavy atom. The van der Waals surface area contributed by atoms with Crippen LogP contribution in [0.15, 0.2) is 36.5 Å². The summed E-state index contributed by atoms with van der Waals surface area (Å²) in [6.07, 6.45) is 4.82. The number of hydrogen-bond donors (Lipinski definition) is 1. The molecular formula is C19H23N3O3. The van der Waals surface area contributed by atoms with Crippen LogP contribution in [0.3, 0.4) is 0 Å². The molecule has 1 atom stereocenters. The molecule has 2 aromatic rings. The number of benzene rings is 1. The Hall–Kier alpha value is -2.34. The topological polar surface area (TPSA) is 67.7 Å². The van der Waals surface area contributed by atoms with Crippen LogP contribution in [0.5, 0.6) is 11.5 Å². The molecule has 0 aliphatic carbocycles. The Morgan fingerprint density at radius 3 is 2.76 bits per heavy atom. The molecule has 6 heteroatoms. The largest absolute Gasteiger partial charge is 0.486 e. The minimum atomic E-state index is -0.177. The minimum absolute atomic E-state index is 0.0206. The fourth-order valence-electron chi connectivity index (χ4n) is 3.28. The monoisotopic (exact) mass is 341 g/mol. The number of piperidine rings is 1. The van der Waals surface area contributed by atoms with Crippen molar-refractivity contribution < 1.29 is 14.6 Å². The van der Waals surface area contributed by atoms with Crippen molar-refractivity contribution in [1.82, 2.24) is 9.97 Å². The zero-order chi connectivity index (χ0) is 17.1. The van der Waals surface area contributed by atoms with Crippen molar-refractivity contribution in [2.75, 3.05) is 24.6 Å². The molecule has 1 aromatic carbocycles. The Morgan fingerprint density at radius 2 is 1.92 bits per heavy atom. The summed E-state index contributed by atoms with van der Waals surface area (Å²) in [5.74, 6) is 3.39. The summed E-state index contributed by atoms with van der Waals surface area (Å²) in [4.78, 5) is 11.3. The van der Waals surface area contributed by atoms with E-state index >= 15 is 0 Å². The zero-order valence-corrected chi connectivity index (χ0v) is 14.2. The van der Waals surface area contributed by atoms with E-state index in [2.05, 4.69) is 14.9 Å². The second kappa shape index (κ2) is 7.27. The second-order valence-electron chi connectivity index (χ2n) is 6.59. The Balaban J connectivity index is 1.35. The number of aliphatic hydroxyl groups is 1. The zero-order valence-electron chi connectivity index (χ0n) is 14.2. The quantitative estimate of drug-likeness (QED) is 0.920. The van der Waals surface area contributed by atoms with Gasteiger partial charge in [-0.2, -0.15) is 0 Å². The molecule has 0 radical (unpaired) electrons. The summed E-state index contributed by atoms with van der Waals surface area (Å²) in [5.41, 5.74) is 0. The molecule has 1 N–H and O–H groups in total. The van der Waals surface area contributed by atoms with Gasteiger partial charge in [0.25, 0.3) is 0 Å². The van der Waals surface area contributed by atoms with E-state index in [9.17, 15) is 5.11 Å². The maximum absolute atomic E-state index is 9.64. The molecule has 1 saturated heterocycles. The van der Waals surface area contributed by atoms with Gasteiger partial charge >= 0.3 is 0 Å². The van der Waals surface area contributed by atoms with Gasteiger partial charge in [-0.05, 0) is 37.5 Å². The molecule has 0 bridgehead atoms. The number of fused-ring (bicyclic) bond motifs is 1. The molecule has 4 rings (SSSR count). The molecule has 2 aliphatic rings. The Kier molecular flexibility index (Phi) is 4.70. The van der Waals surface area contributed by atoms with Crippen molar-refractivity contribution in [1.29, 1.82) is 0 Å². The van der Waals surface area contributed by atoms with Gasteiger partial charge in [0.2, 0.25) is 0 Å². The van der Waals surface area contributed by atoms with Gasteiger partial charge in [0.15, 0.2) is 11.5 Å². The van der Waals surface area contributed by atoms with E-state index in [1.54, 1.807) is 0 Å². The molecule has 0 saturated carbocycles.